The molecule has 1 unspecified atom stereocenters. The number of carbonyl (C=O) groups is 1. The third-order valence-corrected chi connectivity index (χ3v) is 5.96. The minimum absolute atomic E-state index is 0.193. The number of aromatic nitrogens is 3. The van der Waals surface area contributed by atoms with Gasteiger partial charge in [-0.25, -0.2) is 9.97 Å². The average molecular weight is 456 g/mol. The monoisotopic (exact) mass is 455 g/mol. The summed E-state index contributed by atoms with van der Waals surface area (Å²) >= 11 is 0. The van der Waals surface area contributed by atoms with Crippen molar-refractivity contribution in [1.82, 2.24) is 20.3 Å². The second kappa shape index (κ2) is 9.89. The number of nitrogens with one attached hydrogen (secondary N) is 3. The molecule has 2 aromatic heterocycles. The van der Waals surface area contributed by atoms with Gasteiger partial charge in [-0.15, -0.1) is 0 Å². The number of anilines is 2. The first-order chi connectivity index (χ1) is 16.4. The van der Waals surface area contributed by atoms with Crippen molar-refractivity contribution in [3.05, 3.63) is 94.4 Å². The standard InChI is InChI=1S/C27H29N5O2/c1-16-7-5-9-20(11-16)24(15-33)30-26(34)23-12-21(14-28-23)25-18(3)13-29-27(32-25)31-22-10-6-8-17(2)19(22)4/h5-14,24,28,33H,15H2,1-4H3,(H,30,34)(H,29,31,32). The van der Waals surface area contributed by atoms with E-state index in [2.05, 4.69) is 40.5 Å². The molecule has 2 heterocycles. The summed E-state index contributed by atoms with van der Waals surface area (Å²) in [5.41, 5.74) is 8.00. The Morgan fingerprint density at radius 2 is 1.85 bits per heavy atom. The first-order valence-corrected chi connectivity index (χ1v) is 11.2. The Morgan fingerprint density at radius 3 is 2.62 bits per heavy atom. The predicted octanol–water partition coefficient (Wildman–Crippen LogP) is 4.91. The molecule has 0 aliphatic carbocycles. The van der Waals surface area contributed by atoms with Crippen molar-refractivity contribution in [2.45, 2.75) is 33.7 Å². The fourth-order valence-electron chi connectivity index (χ4n) is 3.82. The molecular formula is C27H29N5O2. The minimum atomic E-state index is -0.492. The van der Waals surface area contributed by atoms with Crippen molar-refractivity contribution in [1.29, 1.82) is 0 Å². The van der Waals surface area contributed by atoms with E-state index in [1.807, 2.05) is 50.2 Å². The van der Waals surface area contributed by atoms with Crippen LogP contribution in [0.15, 0.2) is 60.9 Å². The van der Waals surface area contributed by atoms with E-state index in [-0.39, 0.29) is 12.5 Å². The lowest BCUT2D eigenvalue weighted by Gasteiger charge is -2.16. The smallest absolute Gasteiger partial charge is 0.268 e. The summed E-state index contributed by atoms with van der Waals surface area (Å²) in [7, 11) is 0. The normalized spacial score (nSPS) is 11.8. The van der Waals surface area contributed by atoms with Crippen LogP contribution >= 0.6 is 0 Å². The summed E-state index contributed by atoms with van der Waals surface area (Å²) in [4.78, 5) is 25.0. The molecule has 1 atom stereocenters. The van der Waals surface area contributed by atoms with Crippen molar-refractivity contribution < 1.29 is 9.90 Å². The highest BCUT2D eigenvalue weighted by Crippen LogP contribution is 2.26. The van der Waals surface area contributed by atoms with E-state index in [1.165, 1.54) is 5.56 Å². The third kappa shape index (κ3) is 5.00. The molecular weight excluding hydrogens is 426 g/mol. The van der Waals surface area contributed by atoms with Gasteiger partial charge in [0.2, 0.25) is 5.95 Å². The number of amides is 1. The van der Waals surface area contributed by atoms with Crippen LogP contribution in [0.1, 0.15) is 44.3 Å². The Labute approximate surface area is 199 Å². The maximum Gasteiger partial charge on any atom is 0.268 e. The Kier molecular flexibility index (Phi) is 6.75. The number of aryl methyl sites for hydroxylation is 3. The van der Waals surface area contributed by atoms with Crippen molar-refractivity contribution in [3.8, 4) is 11.3 Å². The van der Waals surface area contributed by atoms with Crippen LogP contribution in [0, 0.1) is 27.7 Å². The number of hydrogen-bond acceptors (Lipinski definition) is 5. The number of carbonyl (C=O) groups excluding carboxylic acids is 1. The number of H-pyrrole nitrogens is 1. The Balaban J connectivity index is 1.54. The molecule has 2 aromatic carbocycles. The molecule has 0 aliphatic heterocycles. The van der Waals surface area contributed by atoms with Gasteiger partial charge in [0.1, 0.15) is 5.69 Å². The Bertz CT molecular complexity index is 1330. The van der Waals surface area contributed by atoms with Gasteiger partial charge in [0.15, 0.2) is 0 Å². The highest BCUT2D eigenvalue weighted by molar-refractivity contribution is 5.94. The molecule has 0 saturated carbocycles. The third-order valence-electron chi connectivity index (χ3n) is 5.96. The lowest BCUT2D eigenvalue weighted by atomic mass is 10.0. The summed E-state index contributed by atoms with van der Waals surface area (Å²) in [6, 6.07) is 15.1. The zero-order valence-electron chi connectivity index (χ0n) is 19.8. The average Bonchev–Trinajstić information content (AvgIpc) is 3.32. The number of nitrogens with zero attached hydrogens (tertiary/aromatic N) is 2. The van der Waals surface area contributed by atoms with E-state index in [0.717, 1.165) is 39.2 Å². The molecule has 174 valence electrons. The van der Waals surface area contributed by atoms with Crippen molar-refractivity contribution >= 4 is 17.5 Å². The number of rotatable bonds is 7. The molecule has 1 amide bonds. The van der Waals surface area contributed by atoms with Crippen molar-refractivity contribution in [2.75, 3.05) is 11.9 Å². The number of aromatic amines is 1. The van der Waals surface area contributed by atoms with Gasteiger partial charge in [0.25, 0.3) is 5.91 Å². The van der Waals surface area contributed by atoms with Gasteiger partial charge in [0.05, 0.1) is 18.3 Å². The van der Waals surface area contributed by atoms with Gasteiger partial charge in [-0.3, -0.25) is 4.79 Å². The van der Waals surface area contributed by atoms with Crippen LogP contribution in [0.3, 0.4) is 0 Å². The molecule has 0 radical (unpaired) electrons. The zero-order valence-corrected chi connectivity index (χ0v) is 19.8. The van der Waals surface area contributed by atoms with Gasteiger partial charge in [-0.2, -0.15) is 0 Å². The molecule has 7 heteroatoms. The molecule has 4 aromatic rings. The zero-order chi connectivity index (χ0) is 24.2. The SMILES string of the molecule is Cc1cccc(C(CO)NC(=O)c2cc(-c3nc(Nc4cccc(C)c4C)ncc3C)c[nH]2)c1. The van der Waals surface area contributed by atoms with E-state index in [1.54, 1.807) is 18.5 Å². The molecule has 4 rings (SSSR count). The summed E-state index contributed by atoms with van der Waals surface area (Å²) in [5, 5.41) is 16.0. The predicted molar refractivity (Wildman–Crippen MR) is 134 cm³/mol. The van der Waals surface area contributed by atoms with Crippen LogP contribution in [0.25, 0.3) is 11.3 Å². The van der Waals surface area contributed by atoms with Crippen LogP contribution in [0.4, 0.5) is 11.6 Å². The summed E-state index contributed by atoms with van der Waals surface area (Å²) in [6.45, 7) is 7.84. The van der Waals surface area contributed by atoms with E-state index >= 15 is 0 Å². The van der Waals surface area contributed by atoms with E-state index in [9.17, 15) is 9.90 Å². The number of aliphatic hydroxyl groups excluding tert-OH is 1. The van der Waals surface area contributed by atoms with Crippen LogP contribution in [-0.2, 0) is 0 Å². The maximum atomic E-state index is 12.9. The first kappa shape index (κ1) is 23.2. The van der Waals surface area contributed by atoms with Crippen molar-refractivity contribution in [3.63, 3.8) is 0 Å². The fourth-order valence-corrected chi connectivity index (χ4v) is 3.82. The highest BCUT2D eigenvalue weighted by atomic mass is 16.3. The van der Waals surface area contributed by atoms with Gasteiger partial charge in [-0.1, -0.05) is 42.0 Å². The first-order valence-electron chi connectivity index (χ1n) is 11.2. The molecule has 0 saturated heterocycles. The molecule has 4 N–H and O–H groups in total. The van der Waals surface area contributed by atoms with Gasteiger partial charge in [0, 0.05) is 23.6 Å². The summed E-state index contributed by atoms with van der Waals surface area (Å²) < 4.78 is 0. The lowest BCUT2D eigenvalue weighted by molar-refractivity contribution is 0.0911. The quantitative estimate of drug-likeness (QED) is 0.317. The molecule has 0 bridgehead atoms. The van der Waals surface area contributed by atoms with Crippen LogP contribution in [0.5, 0.6) is 0 Å². The second-order valence-corrected chi connectivity index (χ2v) is 8.52. The molecule has 7 nitrogen and oxygen atoms in total. The lowest BCUT2D eigenvalue weighted by Crippen LogP contribution is -2.31. The molecule has 0 spiro atoms. The van der Waals surface area contributed by atoms with Gasteiger partial charge < -0.3 is 20.7 Å². The van der Waals surface area contributed by atoms with E-state index in [4.69, 9.17) is 4.98 Å². The number of benzene rings is 2. The minimum Gasteiger partial charge on any atom is -0.394 e. The van der Waals surface area contributed by atoms with E-state index in [0.29, 0.717) is 11.6 Å². The van der Waals surface area contributed by atoms with Crippen LogP contribution < -0.4 is 10.6 Å². The topological polar surface area (TPSA) is 103 Å². The van der Waals surface area contributed by atoms with Gasteiger partial charge >= 0.3 is 0 Å². The Morgan fingerprint density at radius 1 is 1.06 bits per heavy atom. The fraction of sp³-hybridized carbons (Fsp3) is 0.222. The maximum absolute atomic E-state index is 12.9. The summed E-state index contributed by atoms with van der Waals surface area (Å²) in [6.07, 6.45) is 3.52. The van der Waals surface area contributed by atoms with Crippen LogP contribution in [0.2, 0.25) is 0 Å². The Hall–Kier alpha value is -3.97. The summed E-state index contributed by atoms with van der Waals surface area (Å²) in [5.74, 6) is 0.188. The molecule has 0 aliphatic rings. The highest BCUT2D eigenvalue weighted by Gasteiger charge is 2.18. The number of aliphatic hydroxyl groups is 1. The van der Waals surface area contributed by atoms with Gasteiger partial charge in [-0.05, 0) is 62.1 Å². The molecule has 34 heavy (non-hydrogen) atoms. The van der Waals surface area contributed by atoms with E-state index < -0.39 is 6.04 Å². The molecule has 0 fully saturated rings. The van der Waals surface area contributed by atoms with Crippen LogP contribution in [-0.4, -0.2) is 32.6 Å². The largest absolute Gasteiger partial charge is 0.394 e. The second-order valence-electron chi connectivity index (χ2n) is 8.52. The van der Waals surface area contributed by atoms with Crippen molar-refractivity contribution in [2.24, 2.45) is 0 Å². The number of hydrogen-bond donors (Lipinski definition) is 4.